The molecule has 2 aromatic rings. The van der Waals surface area contributed by atoms with Crippen molar-refractivity contribution in [2.24, 2.45) is 0 Å². The average Bonchev–Trinajstić information content (AvgIpc) is 2.79. The van der Waals surface area contributed by atoms with Gasteiger partial charge < -0.3 is 0 Å². The van der Waals surface area contributed by atoms with Gasteiger partial charge in [0.2, 0.25) is 9.84 Å². The van der Waals surface area contributed by atoms with Gasteiger partial charge in [-0.2, -0.15) is 13.2 Å². The summed E-state index contributed by atoms with van der Waals surface area (Å²) >= 11 is 1.24. The summed E-state index contributed by atoms with van der Waals surface area (Å²) in [7, 11) is -3.81. The molecular weight excluding hydrogens is 313 g/mol. The normalized spacial score (nSPS) is 12.6. The van der Waals surface area contributed by atoms with E-state index in [0.29, 0.717) is 11.9 Å². The van der Waals surface area contributed by atoms with Crippen LogP contribution in [0.25, 0.3) is 0 Å². The predicted molar refractivity (Wildman–Crippen MR) is 67.0 cm³/mol. The summed E-state index contributed by atoms with van der Waals surface area (Å²) in [6.07, 6.45) is -4.02. The Hall–Kier alpha value is -1.48. The minimum Gasteiger partial charge on any atom is -0.249 e. The number of aryl methyl sites for hydroxylation is 1. The predicted octanol–water partition coefficient (Wildman–Crippen LogP) is 2.84. The summed E-state index contributed by atoms with van der Waals surface area (Å²) in [4.78, 5) is 7.31. The van der Waals surface area contributed by atoms with E-state index in [0.717, 1.165) is 6.07 Å². The molecule has 0 radical (unpaired) electrons. The molecule has 0 fully saturated rings. The minimum atomic E-state index is -4.55. The molecule has 0 saturated carbocycles. The van der Waals surface area contributed by atoms with E-state index in [1.165, 1.54) is 23.8 Å². The van der Waals surface area contributed by atoms with E-state index in [1.54, 1.807) is 5.38 Å². The number of aromatic nitrogens is 2. The van der Waals surface area contributed by atoms with Gasteiger partial charge in [-0.05, 0) is 18.6 Å². The third-order valence-corrected chi connectivity index (χ3v) is 4.80. The van der Waals surface area contributed by atoms with Crippen molar-refractivity contribution < 1.29 is 21.6 Å². The summed E-state index contributed by atoms with van der Waals surface area (Å²) in [5.74, 6) is -0.379. The number of halogens is 3. The van der Waals surface area contributed by atoms with Crippen LogP contribution < -0.4 is 0 Å². The summed E-state index contributed by atoms with van der Waals surface area (Å²) in [6, 6.07) is 0.779. The van der Waals surface area contributed by atoms with Crippen molar-refractivity contribution in [2.45, 2.75) is 23.9 Å². The largest absolute Gasteiger partial charge is 0.417 e. The Kier molecular flexibility index (Phi) is 3.83. The second-order valence-corrected chi connectivity index (χ2v) is 6.71. The highest BCUT2D eigenvalue weighted by Crippen LogP contribution is 2.30. The summed E-state index contributed by atoms with van der Waals surface area (Å²) in [5.41, 5.74) is 0.825. The van der Waals surface area contributed by atoms with Crippen LogP contribution in [0.15, 0.2) is 28.2 Å². The molecule has 4 nitrogen and oxygen atoms in total. The molecule has 108 valence electrons. The smallest absolute Gasteiger partial charge is 0.249 e. The molecule has 0 saturated heterocycles. The molecule has 0 atom stereocenters. The molecule has 0 aliphatic heterocycles. The Labute approximate surface area is 117 Å². The minimum absolute atomic E-state index is 0.0324. The lowest BCUT2D eigenvalue weighted by Crippen LogP contribution is -2.12. The van der Waals surface area contributed by atoms with Crippen molar-refractivity contribution in [2.75, 3.05) is 0 Å². The highest BCUT2D eigenvalue weighted by Gasteiger charge is 2.32. The van der Waals surface area contributed by atoms with Crippen molar-refractivity contribution in [3.8, 4) is 0 Å². The van der Waals surface area contributed by atoms with E-state index in [9.17, 15) is 21.6 Å². The molecule has 2 rings (SSSR count). The second-order valence-electron chi connectivity index (χ2n) is 4.08. The van der Waals surface area contributed by atoms with E-state index in [1.807, 2.05) is 0 Å². The molecule has 0 aliphatic rings. The van der Waals surface area contributed by atoms with Gasteiger partial charge in [-0.25, -0.2) is 18.4 Å². The molecule has 0 bridgehead atoms. The van der Waals surface area contributed by atoms with Crippen molar-refractivity contribution in [3.05, 3.63) is 40.0 Å². The zero-order chi connectivity index (χ0) is 15.0. The van der Waals surface area contributed by atoms with Gasteiger partial charge in [-0.3, -0.25) is 0 Å². The van der Waals surface area contributed by atoms with Gasteiger partial charge in [0, 0.05) is 11.6 Å². The Morgan fingerprint density at radius 3 is 2.50 bits per heavy atom. The molecule has 2 heterocycles. The molecule has 0 N–H and O–H groups in total. The average molecular weight is 322 g/mol. The van der Waals surface area contributed by atoms with Crippen molar-refractivity contribution in [3.63, 3.8) is 0 Å². The van der Waals surface area contributed by atoms with Crippen LogP contribution in [0.5, 0.6) is 0 Å². The topological polar surface area (TPSA) is 59.9 Å². The highest BCUT2D eigenvalue weighted by atomic mass is 32.2. The van der Waals surface area contributed by atoms with Crippen molar-refractivity contribution in [1.82, 2.24) is 9.97 Å². The van der Waals surface area contributed by atoms with Gasteiger partial charge in [0.15, 0.2) is 5.03 Å². The van der Waals surface area contributed by atoms with Crippen LogP contribution in [-0.4, -0.2) is 18.4 Å². The zero-order valence-corrected chi connectivity index (χ0v) is 11.8. The fourth-order valence-corrected chi connectivity index (χ4v) is 3.73. The van der Waals surface area contributed by atoms with Gasteiger partial charge in [-0.15, -0.1) is 11.3 Å². The number of rotatable bonds is 3. The maximum absolute atomic E-state index is 12.5. The number of thiazole rings is 1. The lowest BCUT2D eigenvalue weighted by atomic mass is 10.2. The maximum atomic E-state index is 12.5. The van der Waals surface area contributed by atoms with E-state index >= 15 is 0 Å². The van der Waals surface area contributed by atoms with E-state index in [2.05, 4.69) is 9.97 Å². The number of nitrogens with zero attached hydrogens (tertiary/aromatic N) is 2. The fraction of sp³-hybridized carbons (Fsp3) is 0.273. The van der Waals surface area contributed by atoms with Crippen LogP contribution in [-0.2, 0) is 21.8 Å². The molecule has 0 unspecified atom stereocenters. The molecule has 20 heavy (non-hydrogen) atoms. The lowest BCUT2D eigenvalue weighted by molar-refractivity contribution is -0.137. The molecule has 0 aliphatic carbocycles. The summed E-state index contributed by atoms with van der Waals surface area (Å²) in [6.45, 7) is 1.29. The zero-order valence-electron chi connectivity index (χ0n) is 10.2. The van der Waals surface area contributed by atoms with E-state index in [-0.39, 0.29) is 16.3 Å². The van der Waals surface area contributed by atoms with Crippen LogP contribution in [0, 0.1) is 6.92 Å². The summed E-state index contributed by atoms with van der Waals surface area (Å²) < 4.78 is 61.7. The molecule has 0 spiro atoms. The van der Waals surface area contributed by atoms with Gasteiger partial charge in [-0.1, -0.05) is 0 Å². The number of hydrogen-bond acceptors (Lipinski definition) is 5. The molecular formula is C11H9F3N2O2S2. The molecule has 2 aromatic heterocycles. The highest BCUT2D eigenvalue weighted by molar-refractivity contribution is 7.90. The fourth-order valence-electron chi connectivity index (χ4n) is 1.61. The Bertz CT molecular complexity index is 710. The van der Waals surface area contributed by atoms with Gasteiger partial charge in [0.25, 0.3) is 0 Å². The van der Waals surface area contributed by atoms with Gasteiger partial charge >= 0.3 is 6.18 Å². The first kappa shape index (κ1) is 14.9. The summed E-state index contributed by atoms with van der Waals surface area (Å²) in [5, 5.41) is 1.22. The Morgan fingerprint density at radius 1 is 1.30 bits per heavy atom. The number of sulfone groups is 1. The molecule has 0 amide bonds. The number of alkyl halides is 3. The van der Waals surface area contributed by atoms with Crippen LogP contribution in [0.4, 0.5) is 13.2 Å². The first-order chi connectivity index (χ1) is 9.20. The molecule has 0 aromatic carbocycles. The Balaban J connectivity index is 2.38. The van der Waals surface area contributed by atoms with Crippen LogP contribution in [0.1, 0.15) is 16.8 Å². The Morgan fingerprint density at radius 2 is 2.00 bits per heavy atom. The maximum Gasteiger partial charge on any atom is 0.417 e. The quantitative estimate of drug-likeness (QED) is 0.872. The van der Waals surface area contributed by atoms with Crippen LogP contribution in [0.3, 0.4) is 0 Å². The second kappa shape index (κ2) is 5.13. The first-order valence-electron chi connectivity index (χ1n) is 5.34. The van der Waals surface area contributed by atoms with Gasteiger partial charge in [0.1, 0.15) is 0 Å². The SMILES string of the molecule is Cc1cc(C(F)(F)F)cnc1S(=O)(=O)Cc1cscn1. The van der Waals surface area contributed by atoms with Crippen LogP contribution >= 0.6 is 11.3 Å². The van der Waals surface area contributed by atoms with E-state index in [4.69, 9.17) is 0 Å². The third-order valence-electron chi connectivity index (χ3n) is 2.47. The van der Waals surface area contributed by atoms with Crippen molar-refractivity contribution in [1.29, 1.82) is 0 Å². The van der Waals surface area contributed by atoms with E-state index < -0.39 is 21.6 Å². The van der Waals surface area contributed by atoms with Crippen molar-refractivity contribution >= 4 is 21.2 Å². The standard InChI is InChI=1S/C11H9F3N2O2S2/c1-7-2-8(11(12,13)14)3-15-10(7)20(17,18)5-9-4-19-6-16-9/h2-4,6H,5H2,1H3. The third kappa shape index (κ3) is 3.15. The van der Waals surface area contributed by atoms with Crippen LogP contribution in [0.2, 0.25) is 0 Å². The number of hydrogen-bond donors (Lipinski definition) is 0. The monoisotopic (exact) mass is 322 g/mol. The number of pyridine rings is 1. The van der Waals surface area contributed by atoms with Gasteiger partial charge in [0.05, 0.1) is 22.5 Å². The molecule has 9 heteroatoms. The lowest BCUT2D eigenvalue weighted by Gasteiger charge is -2.10. The first-order valence-corrected chi connectivity index (χ1v) is 7.93.